The molecule has 0 atom stereocenters. The first kappa shape index (κ1) is 57.7. The quantitative estimate of drug-likeness (QED) is 0.182. The van der Waals surface area contributed by atoms with E-state index in [1.54, 1.807) is 0 Å². The summed E-state index contributed by atoms with van der Waals surface area (Å²) in [6.07, 6.45) is 0. The molecule has 21 heteroatoms. The Kier molecular flexibility index (Phi) is 137. The van der Waals surface area contributed by atoms with Crippen LogP contribution in [0.4, 0.5) is 0 Å². The third-order valence-corrected chi connectivity index (χ3v) is 0. The molecule has 0 saturated heterocycles. The Morgan fingerprint density at radius 3 is 0.333 bits per heavy atom. The normalized spacial score (nSPS) is 5.14. The van der Waals surface area contributed by atoms with Crippen molar-refractivity contribution in [2.75, 3.05) is 0 Å². The van der Waals surface area contributed by atoms with E-state index in [2.05, 4.69) is 0 Å². The van der Waals surface area contributed by atoms with Crippen LogP contribution in [0.25, 0.3) is 0 Å². The molecule has 20 N–H and O–H groups in total. The van der Waals surface area contributed by atoms with E-state index in [0.717, 1.165) is 0 Å². The fourth-order valence-corrected chi connectivity index (χ4v) is 0. The molecule has 0 radical (unpaired) electrons. The van der Waals surface area contributed by atoms with E-state index in [1.165, 1.54) is 0 Å². The predicted octanol–water partition coefficient (Wildman–Crippen LogP) is -14.4. The zero-order chi connectivity index (χ0) is 14.3. The van der Waals surface area contributed by atoms with Crippen LogP contribution in [0.1, 0.15) is 1.43 Å². The van der Waals surface area contributed by atoms with E-state index in [1.807, 2.05) is 0 Å². The standard InChI is InChI=1S/4BH3O3.Na.4H2O.H/c4*2-1(3)4;;;;;;/h4*2-4H;;4*1H2;/q;;;;+1;;;;;-1. The van der Waals surface area contributed by atoms with Crippen molar-refractivity contribution in [2.45, 2.75) is 0 Å². The van der Waals surface area contributed by atoms with Crippen LogP contribution in [0.15, 0.2) is 0 Å². The van der Waals surface area contributed by atoms with Crippen molar-refractivity contribution in [3.63, 3.8) is 0 Å². The Labute approximate surface area is 142 Å². The summed E-state index contributed by atoms with van der Waals surface area (Å²) in [6.45, 7) is 0. The van der Waals surface area contributed by atoms with Gasteiger partial charge >= 0.3 is 58.8 Å². The summed E-state index contributed by atoms with van der Waals surface area (Å²) >= 11 is 0. The molecule has 0 amide bonds. The van der Waals surface area contributed by atoms with Crippen LogP contribution in [0.5, 0.6) is 0 Å². The average molecular weight is 343 g/mol. The van der Waals surface area contributed by atoms with Gasteiger partial charge in [0, 0.05) is 0 Å². The summed E-state index contributed by atoms with van der Waals surface area (Å²) in [5.74, 6) is 0. The molecule has 0 aromatic rings. The van der Waals surface area contributed by atoms with Gasteiger partial charge in [-0.15, -0.1) is 0 Å². The summed E-state index contributed by atoms with van der Waals surface area (Å²) in [7, 11) is -8.67. The molecule has 0 aromatic carbocycles. The first-order valence-corrected chi connectivity index (χ1v) is 3.10. The molecule has 0 unspecified atom stereocenters. The maximum atomic E-state index is 7.17. The Balaban J connectivity index is -0.00000001000. The minimum atomic E-state index is -2.17. The van der Waals surface area contributed by atoms with E-state index < -0.39 is 29.3 Å². The van der Waals surface area contributed by atoms with Gasteiger partial charge in [-0.2, -0.15) is 0 Å². The monoisotopic (exact) mass is 344 g/mol. The third kappa shape index (κ3) is 18600. The summed E-state index contributed by atoms with van der Waals surface area (Å²) in [6, 6.07) is 0. The zero-order valence-electron chi connectivity index (χ0n) is 11.7. The Hall–Kier alpha value is 0.620. The van der Waals surface area contributed by atoms with Gasteiger partial charge in [-0.3, -0.25) is 0 Å². The predicted molar refractivity (Wildman–Crippen MR) is 65.2 cm³/mol. The molecule has 0 saturated carbocycles. The Bertz CT molecular complexity index is 69.1. The number of hydrogen-bond acceptors (Lipinski definition) is 12. The molecule has 21 heavy (non-hydrogen) atoms. The average Bonchev–Trinajstić information content (AvgIpc) is 1.76. The van der Waals surface area contributed by atoms with Crippen molar-refractivity contribution < 1.29 is 113 Å². The fraction of sp³-hybridized carbons (Fsp3) is 0. The molecular formula is H21B4NaO16. The van der Waals surface area contributed by atoms with Crippen LogP contribution in [0, 0.1) is 0 Å². The fourth-order valence-electron chi connectivity index (χ4n) is 0. The second-order valence-corrected chi connectivity index (χ2v) is 1.39. The first-order chi connectivity index (χ1) is 6.93. The Morgan fingerprint density at radius 2 is 0.333 bits per heavy atom. The van der Waals surface area contributed by atoms with Gasteiger partial charge in [0.2, 0.25) is 0 Å². The van der Waals surface area contributed by atoms with Crippen molar-refractivity contribution >= 4 is 29.3 Å². The van der Waals surface area contributed by atoms with Gasteiger partial charge < -0.3 is 83.6 Å². The molecule has 0 bridgehead atoms. The molecule has 0 heterocycles. The van der Waals surface area contributed by atoms with Crippen LogP contribution >= 0.6 is 0 Å². The van der Waals surface area contributed by atoms with Gasteiger partial charge in [-0.1, -0.05) is 0 Å². The molecular weight excluding hydrogens is 322 g/mol. The van der Waals surface area contributed by atoms with E-state index >= 15 is 0 Å². The van der Waals surface area contributed by atoms with E-state index in [4.69, 9.17) is 60.3 Å². The van der Waals surface area contributed by atoms with Gasteiger partial charge in [0.25, 0.3) is 0 Å². The molecule has 0 aromatic heterocycles. The van der Waals surface area contributed by atoms with Crippen molar-refractivity contribution in [2.24, 2.45) is 0 Å². The van der Waals surface area contributed by atoms with Gasteiger partial charge in [0.05, 0.1) is 0 Å². The van der Waals surface area contributed by atoms with Crippen molar-refractivity contribution in [3.05, 3.63) is 0 Å². The summed E-state index contributed by atoms with van der Waals surface area (Å²) in [5.41, 5.74) is 0. The molecule has 0 aliphatic heterocycles. The topological polar surface area (TPSA) is 369 Å². The molecule has 0 spiro atoms. The SMILES string of the molecule is O.O.O.O.OB(O)O.OB(O)O.OB(O)O.OB(O)O.[H-].[Na+]. The summed E-state index contributed by atoms with van der Waals surface area (Å²) in [5, 5.41) is 86.0. The molecule has 0 aliphatic rings. The van der Waals surface area contributed by atoms with Gasteiger partial charge in [-0.25, -0.2) is 0 Å². The van der Waals surface area contributed by atoms with Crippen LogP contribution in [-0.2, 0) is 0 Å². The summed E-state index contributed by atoms with van der Waals surface area (Å²) in [4.78, 5) is 0. The second kappa shape index (κ2) is 49.8. The summed E-state index contributed by atoms with van der Waals surface area (Å²) < 4.78 is 0. The smallest absolute Gasteiger partial charge is 1.00 e. The van der Waals surface area contributed by atoms with E-state index in [0.29, 0.717) is 0 Å². The number of hydrogen-bond donors (Lipinski definition) is 12. The molecule has 130 valence electrons. The largest absolute Gasteiger partial charge is 1.00 e. The van der Waals surface area contributed by atoms with E-state index in [-0.39, 0.29) is 52.9 Å². The van der Waals surface area contributed by atoms with Crippen LogP contribution in [0.2, 0.25) is 0 Å². The van der Waals surface area contributed by atoms with Crippen LogP contribution in [-0.4, -0.2) is 111 Å². The van der Waals surface area contributed by atoms with Gasteiger partial charge in [0.15, 0.2) is 0 Å². The van der Waals surface area contributed by atoms with Crippen molar-refractivity contribution in [3.8, 4) is 0 Å². The first-order valence-electron chi connectivity index (χ1n) is 3.10. The van der Waals surface area contributed by atoms with Gasteiger partial charge in [0.1, 0.15) is 0 Å². The van der Waals surface area contributed by atoms with Crippen LogP contribution in [0.3, 0.4) is 0 Å². The minimum Gasteiger partial charge on any atom is -1.00 e. The third-order valence-electron chi connectivity index (χ3n) is 0. The maximum absolute atomic E-state index is 7.17. The minimum absolute atomic E-state index is 0. The maximum Gasteiger partial charge on any atom is 1.00 e. The van der Waals surface area contributed by atoms with Crippen molar-refractivity contribution in [1.29, 1.82) is 0 Å². The number of rotatable bonds is 0. The molecule has 0 aliphatic carbocycles. The van der Waals surface area contributed by atoms with Crippen molar-refractivity contribution in [1.82, 2.24) is 0 Å². The van der Waals surface area contributed by atoms with Gasteiger partial charge in [-0.05, 0) is 0 Å². The molecule has 0 fully saturated rings. The zero-order valence-corrected chi connectivity index (χ0v) is 12.7. The molecule has 0 rings (SSSR count). The Morgan fingerprint density at radius 1 is 0.333 bits per heavy atom. The van der Waals surface area contributed by atoms with Crippen LogP contribution < -0.4 is 29.6 Å². The second-order valence-electron chi connectivity index (χ2n) is 1.39. The molecule has 16 nitrogen and oxygen atoms in total. The van der Waals surface area contributed by atoms with E-state index in [9.17, 15) is 0 Å².